The molecule has 1 unspecified atom stereocenters. The van der Waals surface area contributed by atoms with Crippen LogP contribution in [-0.2, 0) is 13.1 Å². The van der Waals surface area contributed by atoms with Crippen molar-refractivity contribution in [3.05, 3.63) is 34.5 Å². The number of hydrogen-bond acceptors (Lipinski definition) is 3. The van der Waals surface area contributed by atoms with Crippen molar-refractivity contribution >= 4 is 21.4 Å². The Bertz CT molecular complexity index is 623. The molecule has 0 radical (unpaired) electrons. The van der Waals surface area contributed by atoms with E-state index in [9.17, 15) is 4.39 Å². The van der Waals surface area contributed by atoms with Gasteiger partial charge in [0.15, 0.2) is 0 Å². The number of fused-ring (bicyclic) bond motifs is 1. The maximum Gasteiger partial charge on any atom is 0.132 e. The zero-order valence-corrected chi connectivity index (χ0v) is 13.4. The van der Waals surface area contributed by atoms with E-state index in [-0.39, 0.29) is 5.82 Å². The minimum Gasteiger partial charge on any atom is -0.326 e. The van der Waals surface area contributed by atoms with Gasteiger partial charge in [0, 0.05) is 28.1 Å². The number of hydrogen-bond donors (Lipinski definition) is 1. The molecule has 1 fully saturated rings. The Morgan fingerprint density at radius 3 is 3.00 bits per heavy atom. The van der Waals surface area contributed by atoms with Crippen molar-refractivity contribution in [2.24, 2.45) is 11.7 Å². The van der Waals surface area contributed by atoms with Crippen LogP contribution in [0.4, 0.5) is 4.39 Å². The summed E-state index contributed by atoms with van der Waals surface area (Å²) in [4.78, 5) is 3.60. The Hall–Kier alpha value is -0.970. The molecule has 1 saturated heterocycles. The highest BCUT2D eigenvalue weighted by Gasteiger charge is 2.19. The molecule has 1 atom stereocenters. The highest BCUT2D eigenvalue weighted by Crippen LogP contribution is 2.34. The van der Waals surface area contributed by atoms with Gasteiger partial charge in [0.1, 0.15) is 5.82 Å². The van der Waals surface area contributed by atoms with Crippen molar-refractivity contribution in [1.29, 1.82) is 0 Å². The third-order valence-corrected chi connectivity index (χ3v) is 5.74. The molecule has 1 aromatic heterocycles. The van der Waals surface area contributed by atoms with Gasteiger partial charge in [-0.2, -0.15) is 0 Å². The fraction of sp³-hybridized carbons (Fsp3) is 0.529. The Kier molecular flexibility index (Phi) is 4.57. The summed E-state index contributed by atoms with van der Waals surface area (Å²) < 4.78 is 15.3. The Morgan fingerprint density at radius 2 is 2.19 bits per heavy atom. The Labute approximate surface area is 129 Å². The van der Waals surface area contributed by atoms with Gasteiger partial charge in [-0.25, -0.2) is 4.39 Å². The standard InChI is InChI=1S/C17H23FN2S/c1-12-4-3-8-20(9-7-12)11-13-16(10-19)21-15-6-2-5-14(18)17(13)15/h2,5-6,12H,3-4,7-11,19H2,1H3. The lowest BCUT2D eigenvalue weighted by Gasteiger charge is -2.20. The number of nitrogens with zero attached hydrogens (tertiary/aromatic N) is 1. The fourth-order valence-corrected chi connectivity index (χ4v) is 4.36. The molecule has 21 heavy (non-hydrogen) atoms. The molecule has 0 saturated carbocycles. The van der Waals surface area contributed by atoms with Crippen LogP contribution in [-0.4, -0.2) is 18.0 Å². The molecule has 0 spiro atoms. The average Bonchev–Trinajstić information content (AvgIpc) is 2.70. The number of benzene rings is 1. The summed E-state index contributed by atoms with van der Waals surface area (Å²) in [6.45, 7) is 5.88. The van der Waals surface area contributed by atoms with Crippen molar-refractivity contribution in [3.8, 4) is 0 Å². The summed E-state index contributed by atoms with van der Waals surface area (Å²) in [5, 5.41) is 0.792. The Morgan fingerprint density at radius 1 is 1.33 bits per heavy atom. The summed E-state index contributed by atoms with van der Waals surface area (Å²) in [6.07, 6.45) is 3.78. The quantitative estimate of drug-likeness (QED) is 0.924. The summed E-state index contributed by atoms with van der Waals surface area (Å²) in [5.74, 6) is 0.696. The lowest BCUT2D eigenvalue weighted by atomic mass is 10.0. The minimum absolute atomic E-state index is 0.110. The van der Waals surface area contributed by atoms with E-state index in [0.717, 1.165) is 46.1 Å². The zero-order valence-electron chi connectivity index (χ0n) is 12.6. The second-order valence-corrected chi connectivity index (χ2v) is 7.27. The fourth-order valence-electron chi connectivity index (χ4n) is 3.25. The van der Waals surface area contributed by atoms with E-state index in [1.807, 2.05) is 6.07 Å². The van der Waals surface area contributed by atoms with Crippen molar-refractivity contribution in [2.45, 2.75) is 39.3 Å². The lowest BCUT2D eigenvalue weighted by molar-refractivity contribution is 0.274. The molecule has 0 bridgehead atoms. The molecule has 114 valence electrons. The molecule has 4 heteroatoms. The summed E-state index contributed by atoms with van der Waals surface area (Å²) in [6, 6.07) is 5.34. The van der Waals surface area contributed by atoms with E-state index in [1.165, 1.54) is 19.3 Å². The summed E-state index contributed by atoms with van der Waals surface area (Å²) in [5.41, 5.74) is 7.01. The number of rotatable bonds is 3. The maximum absolute atomic E-state index is 14.2. The summed E-state index contributed by atoms with van der Waals surface area (Å²) >= 11 is 1.64. The van der Waals surface area contributed by atoms with Crippen LogP contribution in [0, 0.1) is 11.7 Å². The van der Waals surface area contributed by atoms with Gasteiger partial charge in [-0.15, -0.1) is 11.3 Å². The van der Waals surface area contributed by atoms with E-state index in [1.54, 1.807) is 23.5 Å². The molecule has 2 N–H and O–H groups in total. The molecule has 2 nitrogen and oxygen atoms in total. The van der Waals surface area contributed by atoms with Crippen molar-refractivity contribution in [1.82, 2.24) is 4.90 Å². The molecule has 1 aliphatic heterocycles. The van der Waals surface area contributed by atoms with Gasteiger partial charge in [-0.05, 0) is 56.0 Å². The van der Waals surface area contributed by atoms with Crippen LogP contribution in [0.5, 0.6) is 0 Å². The summed E-state index contributed by atoms with van der Waals surface area (Å²) in [7, 11) is 0. The van der Waals surface area contributed by atoms with Crippen LogP contribution in [0.3, 0.4) is 0 Å². The molecule has 3 rings (SSSR count). The van der Waals surface area contributed by atoms with Gasteiger partial charge in [0.25, 0.3) is 0 Å². The van der Waals surface area contributed by atoms with Gasteiger partial charge in [-0.3, -0.25) is 4.90 Å². The van der Waals surface area contributed by atoms with Gasteiger partial charge in [0.2, 0.25) is 0 Å². The van der Waals surface area contributed by atoms with E-state index >= 15 is 0 Å². The van der Waals surface area contributed by atoms with Crippen LogP contribution >= 0.6 is 11.3 Å². The zero-order chi connectivity index (χ0) is 14.8. The normalized spacial score (nSPS) is 20.8. The smallest absolute Gasteiger partial charge is 0.132 e. The first kappa shape index (κ1) is 14.9. The van der Waals surface area contributed by atoms with E-state index < -0.39 is 0 Å². The predicted molar refractivity (Wildman–Crippen MR) is 88.0 cm³/mol. The van der Waals surface area contributed by atoms with Gasteiger partial charge >= 0.3 is 0 Å². The van der Waals surface area contributed by atoms with E-state index in [0.29, 0.717) is 6.54 Å². The molecule has 0 amide bonds. The van der Waals surface area contributed by atoms with E-state index in [2.05, 4.69) is 11.8 Å². The van der Waals surface area contributed by atoms with Crippen LogP contribution in [0.1, 0.15) is 36.6 Å². The molecule has 0 aliphatic carbocycles. The van der Waals surface area contributed by atoms with Gasteiger partial charge in [-0.1, -0.05) is 13.0 Å². The first-order valence-corrected chi connectivity index (χ1v) is 8.62. The first-order valence-electron chi connectivity index (χ1n) is 7.80. The van der Waals surface area contributed by atoms with Crippen molar-refractivity contribution in [2.75, 3.05) is 13.1 Å². The van der Waals surface area contributed by atoms with Crippen molar-refractivity contribution in [3.63, 3.8) is 0 Å². The maximum atomic E-state index is 14.2. The second kappa shape index (κ2) is 6.42. The highest BCUT2D eigenvalue weighted by molar-refractivity contribution is 7.19. The monoisotopic (exact) mass is 306 g/mol. The van der Waals surface area contributed by atoms with Crippen LogP contribution < -0.4 is 5.73 Å². The minimum atomic E-state index is -0.110. The van der Waals surface area contributed by atoms with Crippen LogP contribution in [0.2, 0.25) is 0 Å². The third-order valence-electron chi connectivity index (χ3n) is 4.52. The number of likely N-dealkylation sites (tertiary alicyclic amines) is 1. The number of thiophene rings is 1. The van der Waals surface area contributed by atoms with Gasteiger partial charge in [0.05, 0.1) is 0 Å². The second-order valence-electron chi connectivity index (χ2n) is 6.13. The van der Waals surface area contributed by atoms with E-state index in [4.69, 9.17) is 5.73 Å². The molecule has 2 heterocycles. The molecule has 2 aromatic rings. The number of nitrogens with two attached hydrogens (primary N) is 1. The molecular weight excluding hydrogens is 283 g/mol. The first-order chi connectivity index (χ1) is 10.2. The predicted octanol–water partition coefficient (Wildman–Crippen LogP) is 4.12. The molecule has 1 aliphatic rings. The SMILES string of the molecule is CC1CCCN(Cc2c(CN)sc3cccc(F)c23)CC1. The largest absolute Gasteiger partial charge is 0.326 e. The van der Waals surface area contributed by atoms with Crippen LogP contribution in [0.15, 0.2) is 18.2 Å². The average molecular weight is 306 g/mol. The number of halogens is 1. The van der Waals surface area contributed by atoms with Crippen LogP contribution in [0.25, 0.3) is 10.1 Å². The molecular formula is C17H23FN2S. The topological polar surface area (TPSA) is 29.3 Å². The highest BCUT2D eigenvalue weighted by atomic mass is 32.1. The Balaban J connectivity index is 1.92. The molecule has 1 aromatic carbocycles. The van der Waals surface area contributed by atoms with Gasteiger partial charge < -0.3 is 5.73 Å². The lowest BCUT2D eigenvalue weighted by Crippen LogP contribution is -2.24. The third kappa shape index (κ3) is 3.12. The van der Waals surface area contributed by atoms with Crippen molar-refractivity contribution < 1.29 is 4.39 Å².